The molecule has 4 heteroatoms. The predicted octanol–water partition coefficient (Wildman–Crippen LogP) is -0.471. The maximum atomic E-state index is 3.49. The molecule has 0 unspecified atom stereocenters. The first-order valence-electron chi connectivity index (χ1n) is 6.94. The van der Waals surface area contributed by atoms with Gasteiger partial charge in [0.25, 0.3) is 0 Å². The van der Waals surface area contributed by atoms with Gasteiger partial charge in [0.15, 0.2) is 0 Å². The van der Waals surface area contributed by atoms with Crippen molar-refractivity contribution in [3.63, 3.8) is 0 Å². The Balaban J connectivity index is 0.00000256. The van der Waals surface area contributed by atoms with Crippen LogP contribution in [-0.2, 0) is 0 Å². The van der Waals surface area contributed by atoms with Crippen LogP contribution in [0.15, 0.2) is 0 Å². The van der Waals surface area contributed by atoms with Gasteiger partial charge in [-0.1, -0.05) is 7.43 Å². The van der Waals surface area contributed by atoms with Crippen molar-refractivity contribution in [1.29, 1.82) is 0 Å². The highest BCUT2D eigenvalue weighted by atomic mass is 14.9. The fourth-order valence-corrected chi connectivity index (χ4v) is 1.94. The summed E-state index contributed by atoms with van der Waals surface area (Å²) >= 11 is 0. The van der Waals surface area contributed by atoms with E-state index < -0.39 is 0 Å². The normalized spacial score (nSPS) is 22.6. The smallest absolute Gasteiger partial charge is 0.0767 e. The lowest BCUT2D eigenvalue weighted by atomic mass is 10.3. The first-order chi connectivity index (χ1) is 8.00. The topological polar surface area (TPSA) is 52.7 Å². The van der Waals surface area contributed by atoms with E-state index in [4.69, 9.17) is 0 Å². The van der Waals surface area contributed by atoms with Crippen LogP contribution in [0.2, 0.25) is 0 Å². The molecule has 0 saturated carbocycles. The number of rotatable bonds is 0. The van der Waals surface area contributed by atoms with Crippen molar-refractivity contribution in [3.05, 3.63) is 0 Å². The van der Waals surface area contributed by atoms with Crippen LogP contribution >= 0.6 is 0 Å². The maximum Gasteiger partial charge on any atom is 0.0767 e. The monoisotopic (exact) mass is 245 g/mol. The van der Waals surface area contributed by atoms with Crippen LogP contribution in [0.25, 0.3) is 0 Å². The summed E-state index contributed by atoms with van der Waals surface area (Å²) in [6.45, 7) is 9.51. The zero-order chi connectivity index (χ0) is 11.3. The Morgan fingerprint density at radius 2 is 0.882 bits per heavy atom. The molecule has 0 spiro atoms. The molecule has 0 aromatic heterocycles. The van der Waals surface area contributed by atoms with Gasteiger partial charge in [-0.15, -0.1) is 0 Å². The molecule has 4 nitrogen and oxygen atoms in total. The van der Waals surface area contributed by atoms with Gasteiger partial charge in [0, 0.05) is 25.9 Å². The molecule has 5 N–H and O–H groups in total. The second kappa shape index (κ2) is 13.9. The Morgan fingerprint density at radius 3 is 1.29 bits per heavy atom. The third-order valence-electron chi connectivity index (χ3n) is 2.94. The fourth-order valence-electron chi connectivity index (χ4n) is 1.94. The Kier molecular flexibility index (Phi) is 13.8. The molecule has 1 saturated heterocycles. The second-order valence-corrected chi connectivity index (χ2v) is 4.53. The summed E-state index contributed by atoms with van der Waals surface area (Å²) in [6.07, 6.45) is 5.08. The first-order valence-corrected chi connectivity index (χ1v) is 6.94. The summed E-state index contributed by atoms with van der Waals surface area (Å²) in [7, 11) is 0. The van der Waals surface area contributed by atoms with Crippen molar-refractivity contribution in [3.8, 4) is 0 Å². The van der Waals surface area contributed by atoms with Gasteiger partial charge in [0.2, 0.25) is 0 Å². The Morgan fingerprint density at radius 1 is 0.529 bits per heavy atom. The highest BCUT2D eigenvalue weighted by Gasteiger charge is 1.95. The molecule has 1 aliphatic heterocycles. The van der Waals surface area contributed by atoms with Crippen LogP contribution in [0, 0.1) is 0 Å². The molecular weight excluding hydrogens is 212 g/mol. The van der Waals surface area contributed by atoms with Crippen molar-refractivity contribution in [1.82, 2.24) is 16.0 Å². The van der Waals surface area contributed by atoms with Gasteiger partial charge in [-0.05, 0) is 39.0 Å². The zero-order valence-electron chi connectivity index (χ0n) is 10.6. The van der Waals surface area contributed by atoms with Crippen molar-refractivity contribution in [2.75, 3.05) is 52.4 Å². The third kappa shape index (κ3) is 12.1. The SMILES string of the molecule is C.C1CNCCCNCCC[NH2+]CCCNC1. The lowest BCUT2D eigenvalue weighted by Crippen LogP contribution is -2.84. The fraction of sp³-hybridized carbons (Fsp3) is 1.00. The van der Waals surface area contributed by atoms with Gasteiger partial charge >= 0.3 is 0 Å². The van der Waals surface area contributed by atoms with E-state index in [1.165, 1.54) is 51.9 Å². The summed E-state index contributed by atoms with van der Waals surface area (Å²) < 4.78 is 0. The molecule has 104 valence electrons. The van der Waals surface area contributed by atoms with E-state index in [9.17, 15) is 0 Å². The molecular formula is C13H33N4+. The summed E-state index contributed by atoms with van der Waals surface area (Å²) in [4.78, 5) is 0. The number of hydrogen-bond donors (Lipinski definition) is 4. The molecule has 1 heterocycles. The van der Waals surface area contributed by atoms with E-state index in [0.717, 1.165) is 26.2 Å². The number of quaternary nitrogens is 1. The summed E-state index contributed by atoms with van der Waals surface area (Å²) in [5, 5.41) is 12.9. The lowest BCUT2D eigenvalue weighted by Gasteiger charge is -2.08. The summed E-state index contributed by atoms with van der Waals surface area (Å²) in [5.74, 6) is 0. The molecule has 1 rings (SSSR count). The van der Waals surface area contributed by atoms with E-state index in [1.807, 2.05) is 0 Å². The summed E-state index contributed by atoms with van der Waals surface area (Å²) in [5.41, 5.74) is 0. The quantitative estimate of drug-likeness (QED) is 0.467. The lowest BCUT2D eigenvalue weighted by molar-refractivity contribution is -0.654. The predicted molar refractivity (Wildman–Crippen MR) is 75.5 cm³/mol. The van der Waals surface area contributed by atoms with Gasteiger partial charge in [-0.25, -0.2) is 0 Å². The second-order valence-electron chi connectivity index (χ2n) is 4.53. The van der Waals surface area contributed by atoms with E-state index in [-0.39, 0.29) is 7.43 Å². The largest absolute Gasteiger partial charge is 0.346 e. The van der Waals surface area contributed by atoms with Gasteiger partial charge < -0.3 is 21.3 Å². The van der Waals surface area contributed by atoms with Crippen LogP contribution in [-0.4, -0.2) is 52.4 Å². The van der Waals surface area contributed by atoms with Crippen molar-refractivity contribution < 1.29 is 5.32 Å². The molecule has 0 aromatic carbocycles. The number of nitrogens with one attached hydrogen (secondary N) is 3. The molecule has 0 radical (unpaired) electrons. The molecule has 0 bridgehead atoms. The van der Waals surface area contributed by atoms with E-state index in [2.05, 4.69) is 21.3 Å². The standard InChI is InChI=1S/C12H28N4.CH4/c1-5-13-7-2-9-15-11-4-12-16-10-3-8-14-6-1;/h13-16H,1-12H2;1H4/p+1. The van der Waals surface area contributed by atoms with Crippen molar-refractivity contribution >= 4 is 0 Å². The van der Waals surface area contributed by atoms with Gasteiger partial charge in [-0.3, -0.25) is 0 Å². The number of nitrogens with two attached hydrogens (primary N) is 1. The molecule has 0 aliphatic carbocycles. The van der Waals surface area contributed by atoms with E-state index in [1.54, 1.807) is 0 Å². The van der Waals surface area contributed by atoms with E-state index >= 15 is 0 Å². The first kappa shape index (κ1) is 16.8. The van der Waals surface area contributed by atoms with Gasteiger partial charge in [0.05, 0.1) is 13.1 Å². The molecule has 0 amide bonds. The van der Waals surface area contributed by atoms with Gasteiger partial charge in [-0.2, -0.15) is 0 Å². The molecule has 0 aromatic rings. The molecule has 17 heavy (non-hydrogen) atoms. The Hall–Kier alpha value is -0.160. The minimum absolute atomic E-state index is 0. The maximum absolute atomic E-state index is 3.49. The number of hydrogen-bond acceptors (Lipinski definition) is 3. The van der Waals surface area contributed by atoms with Crippen LogP contribution in [0.1, 0.15) is 33.1 Å². The minimum Gasteiger partial charge on any atom is -0.346 e. The minimum atomic E-state index is 0. The Labute approximate surface area is 107 Å². The molecule has 1 fully saturated rings. The van der Waals surface area contributed by atoms with Crippen LogP contribution < -0.4 is 21.3 Å². The van der Waals surface area contributed by atoms with Crippen molar-refractivity contribution in [2.24, 2.45) is 0 Å². The Bertz CT molecular complexity index is 77.4. The van der Waals surface area contributed by atoms with Crippen molar-refractivity contribution in [2.45, 2.75) is 33.1 Å². The highest BCUT2D eigenvalue weighted by molar-refractivity contribution is 4.54. The third-order valence-corrected chi connectivity index (χ3v) is 2.94. The average Bonchev–Trinajstić information content (AvgIpc) is 2.29. The van der Waals surface area contributed by atoms with E-state index in [0.29, 0.717) is 0 Å². The molecule has 1 aliphatic rings. The van der Waals surface area contributed by atoms with Gasteiger partial charge in [0.1, 0.15) is 0 Å². The molecule has 0 atom stereocenters. The summed E-state index contributed by atoms with van der Waals surface area (Å²) in [6, 6.07) is 0. The zero-order valence-corrected chi connectivity index (χ0v) is 10.6. The highest BCUT2D eigenvalue weighted by Crippen LogP contribution is 1.79. The van der Waals surface area contributed by atoms with Crippen LogP contribution in [0.4, 0.5) is 0 Å². The van der Waals surface area contributed by atoms with Crippen LogP contribution in [0.5, 0.6) is 0 Å². The average molecular weight is 245 g/mol. The van der Waals surface area contributed by atoms with Crippen LogP contribution in [0.3, 0.4) is 0 Å².